The minimum atomic E-state index is -0.343. The Bertz CT molecular complexity index is 3150. The van der Waals surface area contributed by atoms with Crippen molar-refractivity contribution in [3.8, 4) is 22.9 Å². The van der Waals surface area contributed by atoms with Crippen molar-refractivity contribution in [1.82, 2.24) is 28.7 Å². The molecule has 398 valence electrons. The molecule has 0 radical (unpaired) electrons. The summed E-state index contributed by atoms with van der Waals surface area (Å²) in [4.78, 5) is 86.5. The molecular formula is C55H65BrClN9O9. The Hall–Kier alpha value is -6.96. The largest absolute Gasteiger partial charge is 0.478 e. The van der Waals surface area contributed by atoms with Crippen LogP contribution in [0.25, 0.3) is 11.1 Å². The third kappa shape index (κ3) is 15.3. The van der Waals surface area contributed by atoms with Gasteiger partial charge in [-0.2, -0.15) is 9.97 Å². The number of carbonyl (C=O) groups is 4. The summed E-state index contributed by atoms with van der Waals surface area (Å²) in [6, 6.07) is 17.7. The van der Waals surface area contributed by atoms with Gasteiger partial charge >= 0.3 is 0 Å². The van der Waals surface area contributed by atoms with E-state index in [9.17, 15) is 33.9 Å². The summed E-state index contributed by atoms with van der Waals surface area (Å²) < 4.78 is 17.2. The van der Waals surface area contributed by atoms with E-state index in [0.29, 0.717) is 129 Å². The van der Waals surface area contributed by atoms with E-state index in [-0.39, 0.29) is 51.5 Å². The third-order valence-corrected chi connectivity index (χ3v) is 13.2. The number of hydrogen-bond acceptors (Lipinski definition) is 14. The molecule has 0 saturated carbocycles. The fraction of sp³-hybridized carbons (Fsp3) is 0.400. The number of ether oxygens (including phenoxy) is 2. The highest BCUT2D eigenvalue weighted by atomic mass is 79.9. The average Bonchev–Trinajstić information content (AvgIpc) is 3.89. The van der Waals surface area contributed by atoms with Crippen LogP contribution in [0.2, 0.25) is 0 Å². The summed E-state index contributed by atoms with van der Waals surface area (Å²) >= 11 is 8.19. The normalized spacial score (nSPS) is 13.1. The monoisotopic (exact) mass is 1110 g/mol. The number of fused-ring (bicyclic) bond motifs is 3. The Labute approximate surface area is 449 Å². The lowest BCUT2D eigenvalue weighted by Crippen LogP contribution is -2.41. The van der Waals surface area contributed by atoms with Gasteiger partial charge in [-0.05, 0) is 106 Å². The van der Waals surface area contributed by atoms with E-state index in [2.05, 4.69) is 59.9 Å². The molecule has 1 aliphatic heterocycles. The molecule has 0 bridgehead atoms. The van der Waals surface area contributed by atoms with Crippen molar-refractivity contribution in [2.45, 2.75) is 106 Å². The van der Waals surface area contributed by atoms with E-state index >= 15 is 0 Å². The number of carbonyl (C=O) groups excluding carboxylic acids is 4. The SMILES string of the molecule is CCC(=O)CCCOc1cccc(Nc2cc(-c3ccnc(N4CCn5c(cc6c5CC(C)(C)C6)C4=O)c3CO)cn(C)c2=O)n1.CCC(=O)CCCOc1cccc(Nc2cc(Br)cn(C)c2=O)n1.CCC(=O)Cl. The minimum absolute atomic E-state index is 0.134. The van der Waals surface area contributed by atoms with Crippen molar-refractivity contribution < 1.29 is 33.8 Å². The van der Waals surface area contributed by atoms with Crippen molar-refractivity contribution in [3.05, 3.63) is 127 Å². The van der Waals surface area contributed by atoms with Gasteiger partial charge in [-0.25, -0.2) is 4.98 Å². The number of aromatic nitrogens is 6. The molecule has 75 heavy (non-hydrogen) atoms. The molecule has 18 nitrogen and oxygen atoms in total. The minimum Gasteiger partial charge on any atom is -0.478 e. The highest BCUT2D eigenvalue weighted by Crippen LogP contribution is 2.40. The van der Waals surface area contributed by atoms with Crippen LogP contribution in [-0.4, -0.2) is 76.2 Å². The lowest BCUT2D eigenvalue weighted by Gasteiger charge is -2.31. The van der Waals surface area contributed by atoms with Crippen LogP contribution in [0.5, 0.6) is 11.8 Å². The number of aliphatic hydroxyl groups excluding tert-OH is 1. The topological polar surface area (TPSA) is 222 Å². The number of anilines is 5. The predicted molar refractivity (Wildman–Crippen MR) is 294 cm³/mol. The first-order valence-electron chi connectivity index (χ1n) is 25.0. The molecule has 1 amide bonds. The predicted octanol–water partition coefficient (Wildman–Crippen LogP) is 9.39. The molecule has 7 heterocycles. The van der Waals surface area contributed by atoms with Gasteiger partial charge in [0.15, 0.2) is 0 Å². The van der Waals surface area contributed by atoms with Crippen LogP contribution in [0.3, 0.4) is 0 Å². The molecule has 8 rings (SSSR count). The molecule has 1 aliphatic carbocycles. The number of halogens is 2. The maximum atomic E-state index is 13.8. The first-order valence-corrected chi connectivity index (χ1v) is 26.2. The number of nitrogens with one attached hydrogen (secondary N) is 2. The zero-order valence-corrected chi connectivity index (χ0v) is 45.8. The molecule has 6 aromatic heterocycles. The van der Waals surface area contributed by atoms with E-state index < -0.39 is 0 Å². The summed E-state index contributed by atoms with van der Waals surface area (Å²) in [7, 11) is 3.34. The van der Waals surface area contributed by atoms with Crippen LogP contribution in [0.1, 0.15) is 107 Å². The van der Waals surface area contributed by atoms with Crippen LogP contribution < -0.4 is 36.1 Å². The third-order valence-electron chi connectivity index (χ3n) is 12.5. The quantitative estimate of drug-likeness (QED) is 0.0479. The van der Waals surface area contributed by atoms with Crippen LogP contribution >= 0.6 is 27.5 Å². The molecule has 0 atom stereocenters. The lowest BCUT2D eigenvalue weighted by atomic mass is 9.90. The number of pyridine rings is 5. The Morgan fingerprint density at radius 1 is 0.773 bits per heavy atom. The van der Waals surface area contributed by atoms with E-state index in [1.165, 1.54) is 20.4 Å². The fourth-order valence-electron chi connectivity index (χ4n) is 8.61. The molecular weight excluding hydrogens is 1050 g/mol. The maximum Gasteiger partial charge on any atom is 0.276 e. The Morgan fingerprint density at radius 2 is 1.33 bits per heavy atom. The van der Waals surface area contributed by atoms with E-state index in [1.807, 2.05) is 19.9 Å². The van der Waals surface area contributed by atoms with Gasteiger partial charge in [0.2, 0.25) is 17.0 Å². The van der Waals surface area contributed by atoms with E-state index in [4.69, 9.17) is 21.1 Å². The standard InChI is InChI=1S/C35H40N6O5.C17H20BrN3O3.C3H5ClO/c1-5-24(43)8-7-15-46-31-10-6-9-30(38-31)37-27-16-23(20-39(4)33(27)44)25-11-12-36-32(26(25)21-42)41-14-13-40-28(34(41)45)17-22-18-35(2,3)19-29(22)40;1-3-13(22)6-5-9-24-16-8-4-7-15(20-16)19-14-10-12(18)11-21(2)17(14)23;1-2-3(4)5/h6,9-12,16-17,20,42H,5,7-8,13-15,18-19,21H2,1-4H3,(H,37,38);4,7-8,10-11H,3,5-6,9H2,1-2H3,(H,19,20);2H2,1H3. The van der Waals surface area contributed by atoms with Crippen molar-refractivity contribution in [3.63, 3.8) is 0 Å². The first-order chi connectivity index (χ1) is 35.8. The second-order valence-corrected chi connectivity index (χ2v) is 20.2. The summed E-state index contributed by atoms with van der Waals surface area (Å²) in [6.45, 7) is 11.5. The van der Waals surface area contributed by atoms with Crippen molar-refractivity contribution in [2.75, 3.05) is 35.3 Å². The fourth-order valence-corrected chi connectivity index (χ4v) is 9.15. The van der Waals surface area contributed by atoms with Crippen LogP contribution in [0.15, 0.2) is 93.3 Å². The van der Waals surface area contributed by atoms with Gasteiger partial charge in [0, 0.05) is 111 Å². The highest BCUT2D eigenvalue weighted by Gasteiger charge is 2.37. The molecule has 6 aromatic rings. The Morgan fingerprint density at radius 3 is 1.88 bits per heavy atom. The Kier molecular flexibility index (Phi) is 20.3. The second kappa shape index (κ2) is 26.5. The average molecular weight is 1110 g/mol. The van der Waals surface area contributed by atoms with Crippen LogP contribution in [0.4, 0.5) is 28.8 Å². The van der Waals surface area contributed by atoms with Gasteiger partial charge in [0.1, 0.15) is 46.1 Å². The molecule has 2 aliphatic rings. The number of Topliss-reactive ketones (excluding diaryl/α,β-unsaturated/α-hetero) is 2. The summed E-state index contributed by atoms with van der Waals surface area (Å²) in [5.74, 6) is 2.48. The molecule has 0 saturated heterocycles. The number of rotatable bonds is 20. The molecule has 0 spiro atoms. The van der Waals surface area contributed by atoms with Crippen LogP contribution in [-0.2, 0) is 54.5 Å². The number of ketones is 2. The molecule has 3 N–H and O–H groups in total. The number of aliphatic hydroxyl groups is 1. The summed E-state index contributed by atoms with van der Waals surface area (Å²) in [6.07, 6.45) is 10.7. The maximum absolute atomic E-state index is 13.8. The first kappa shape index (κ1) is 57.3. The van der Waals surface area contributed by atoms with Gasteiger partial charge in [0.05, 0.1) is 19.8 Å². The smallest absolute Gasteiger partial charge is 0.276 e. The van der Waals surface area contributed by atoms with Crippen molar-refractivity contribution >= 4 is 79.1 Å². The van der Waals surface area contributed by atoms with Gasteiger partial charge in [-0.3, -0.25) is 33.7 Å². The van der Waals surface area contributed by atoms with Crippen LogP contribution in [0, 0.1) is 5.41 Å². The molecule has 20 heteroatoms. The zero-order valence-electron chi connectivity index (χ0n) is 43.5. The number of hydrogen-bond donors (Lipinski definition) is 3. The summed E-state index contributed by atoms with van der Waals surface area (Å²) in [5, 5.41) is 16.5. The van der Waals surface area contributed by atoms with Gasteiger partial charge in [-0.1, -0.05) is 46.8 Å². The molecule has 0 aromatic carbocycles. The molecule has 0 fully saturated rings. The highest BCUT2D eigenvalue weighted by molar-refractivity contribution is 9.10. The van der Waals surface area contributed by atoms with Crippen molar-refractivity contribution in [2.24, 2.45) is 19.5 Å². The Balaban J connectivity index is 0.000000264. The van der Waals surface area contributed by atoms with E-state index in [0.717, 1.165) is 17.3 Å². The van der Waals surface area contributed by atoms with E-state index in [1.54, 1.807) is 99.1 Å². The molecule has 0 unspecified atom stereocenters. The number of amides is 1. The second-order valence-electron chi connectivity index (χ2n) is 18.9. The van der Waals surface area contributed by atoms with Gasteiger partial charge in [0.25, 0.3) is 17.0 Å². The van der Waals surface area contributed by atoms with Gasteiger partial charge < -0.3 is 38.9 Å². The lowest BCUT2D eigenvalue weighted by molar-refractivity contribution is -0.119. The number of aryl methyl sites for hydroxylation is 2. The number of nitrogens with zero attached hydrogens (tertiary/aromatic N) is 7. The van der Waals surface area contributed by atoms with Gasteiger partial charge in [-0.15, -0.1) is 0 Å². The van der Waals surface area contributed by atoms with Crippen molar-refractivity contribution in [1.29, 1.82) is 0 Å². The summed E-state index contributed by atoms with van der Waals surface area (Å²) in [5.41, 5.74) is 5.46. The zero-order chi connectivity index (χ0) is 54.4.